The number of nitrogens with one attached hydrogen (secondary N) is 2. The number of thioether (sulfide) groups is 1. The number of hydrogen-bond acceptors (Lipinski definition) is 4. The first-order valence-corrected chi connectivity index (χ1v) is 7.04. The van der Waals surface area contributed by atoms with E-state index in [1.54, 1.807) is 19.1 Å². The van der Waals surface area contributed by atoms with Gasteiger partial charge in [-0.1, -0.05) is 12.1 Å². The van der Waals surface area contributed by atoms with Crippen LogP contribution in [0.3, 0.4) is 0 Å². The molecule has 19 heavy (non-hydrogen) atoms. The molecule has 0 saturated carbocycles. The zero-order valence-corrected chi connectivity index (χ0v) is 12.0. The molecule has 0 aromatic heterocycles. The molecule has 104 valence electrons. The predicted octanol–water partition coefficient (Wildman–Crippen LogP) is 1.50. The lowest BCUT2D eigenvalue weighted by atomic mass is 10.3. The largest absolute Gasteiger partial charge is 0.383 e. The van der Waals surface area contributed by atoms with E-state index in [-0.39, 0.29) is 6.04 Å². The molecule has 0 saturated heterocycles. The number of rotatable bonds is 5. The molecule has 1 aromatic carbocycles. The standard InChI is InChI=1S/C13H18N2O3S/c1-9(8-18-2)14-12(16)13(17)15-10-6-4-5-7-11(10)19-3/h4-7,9H,8H2,1-3H3,(H,14,16)(H,15,17). The second-order valence-electron chi connectivity index (χ2n) is 3.98. The van der Waals surface area contributed by atoms with Crippen LogP contribution < -0.4 is 10.6 Å². The van der Waals surface area contributed by atoms with Crippen LogP contribution in [-0.2, 0) is 14.3 Å². The third-order valence-corrected chi connectivity index (χ3v) is 3.15. The van der Waals surface area contributed by atoms with Crippen molar-refractivity contribution in [2.24, 2.45) is 0 Å². The van der Waals surface area contributed by atoms with Gasteiger partial charge in [0.1, 0.15) is 0 Å². The van der Waals surface area contributed by atoms with Crippen molar-refractivity contribution in [3.8, 4) is 0 Å². The maximum Gasteiger partial charge on any atom is 0.313 e. The fraction of sp³-hybridized carbons (Fsp3) is 0.385. The highest BCUT2D eigenvalue weighted by molar-refractivity contribution is 7.98. The van der Waals surface area contributed by atoms with Crippen molar-refractivity contribution in [1.29, 1.82) is 0 Å². The lowest BCUT2D eigenvalue weighted by molar-refractivity contribution is -0.136. The van der Waals surface area contributed by atoms with E-state index in [9.17, 15) is 9.59 Å². The van der Waals surface area contributed by atoms with Crippen LogP contribution in [-0.4, -0.2) is 37.8 Å². The first-order valence-electron chi connectivity index (χ1n) is 5.82. The molecule has 0 aliphatic carbocycles. The SMILES string of the molecule is COCC(C)NC(=O)C(=O)Nc1ccccc1SC. The maximum absolute atomic E-state index is 11.7. The van der Waals surface area contributed by atoms with Gasteiger partial charge in [-0.05, 0) is 25.3 Å². The normalized spacial score (nSPS) is 11.7. The molecule has 0 fully saturated rings. The number of methoxy groups -OCH3 is 1. The molecule has 0 aliphatic heterocycles. The van der Waals surface area contributed by atoms with Crippen molar-refractivity contribution in [3.05, 3.63) is 24.3 Å². The molecular weight excluding hydrogens is 264 g/mol. The van der Waals surface area contributed by atoms with E-state index in [1.165, 1.54) is 18.9 Å². The Kier molecular flexibility index (Phi) is 6.38. The minimum absolute atomic E-state index is 0.209. The van der Waals surface area contributed by atoms with Gasteiger partial charge in [0.25, 0.3) is 0 Å². The predicted molar refractivity (Wildman–Crippen MR) is 76.3 cm³/mol. The van der Waals surface area contributed by atoms with Gasteiger partial charge in [-0.15, -0.1) is 11.8 Å². The number of hydrogen-bond donors (Lipinski definition) is 2. The van der Waals surface area contributed by atoms with Gasteiger partial charge in [0.2, 0.25) is 0 Å². The third kappa shape index (κ3) is 4.92. The van der Waals surface area contributed by atoms with Crippen molar-refractivity contribution >= 4 is 29.3 Å². The van der Waals surface area contributed by atoms with E-state index in [4.69, 9.17) is 4.74 Å². The quantitative estimate of drug-likeness (QED) is 0.634. The lowest BCUT2D eigenvalue weighted by Gasteiger charge is -2.13. The lowest BCUT2D eigenvalue weighted by Crippen LogP contribution is -2.42. The molecule has 0 aliphatic rings. The van der Waals surface area contributed by atoms with Gasteiger partial charge in [-0.3, -0.25) is 9.59 Å². The molecule has 6 heteroatoms. The van der Waals surface area contributed by atoms with E-state index in [2.05, 4.69) is 10.6 Å². The molecule has 2 N–H and O–H groups in total. The molecule has 1 atom stereocenters. The van der Waals surface area contributed by atoms with Gasteiger partial charge < -0.3 is 15.4 Å². The van der Waals surface area contributed by atoms with Crippen LogP contribution in [0.1, 0.15) is 6.92 Å². The zero-order valence-electron chi connectivity index (χ0n) is 11.2. The second-order valence-corrected chi connectivity index (χ2v) is 4.83. The highest BCUT2D eigenvalue weighted by atomic mass is 32.2. The second kappa shape index (κ2) is 7.81. The number of benzene rings is 1. The number of carbonyl (C=O) groups excluding carboxylic acids is 2. The highest BCUT2D eigenvalue weighted by Crippen LogP contribution is 2.24. The number of amides is 2. The van der Waals surface area contributed by atoms with Crippen molar-refractivity contribution < 1.29 is 14.3 Å². The van der Waals surface area contributed by atoms with Crippen LogP contribution in [0.15, 0.2) is 29.2 Å². The summed E-state index contributed by atoms with van der Waals surface area (Å²) in [4.78, 5) is 24.3. The van der Waals surface area contributed by atoms with Crippen LogP contribution in [0, 0.1) is 0 Å². The Morgan fingerprint density at radius 1 is 1.32 bits per heavy atom. The number of ether oxygens (including phenoxy) is 1. The van der Waals surface area contributed by atoms with Crippen molar-refractivity contribution in [1.82, 2.24) is 5.32 Å². The Hall–Kier alpha value is -1.53. The number of carbonyl (C=O) groups is 2. The van der Waals surface area contributed by atoms with Gasteiger partial charge in [0.05, 0.1) is 12.3 Å². The minimum Gasteiger partial charge on any atom is -0.383 e. The van der Waals surface area contributed by atoms with E-state index in [0.717, 1.165) is 4.90 Å². The maximum atomic E-state index is 11.7. The summed E-state index contributed by atoms with van der Waals surface area (Å²) >= 11 is 1.50. The summed E-state index contributed by atoms with van der Waals surface area (Å²) in [5.41, 5.74) is 0.634. The first-order chi connectivity index (χ1) is 9.08. The molecule has 5 nitrogen and oxygen atoms in total. The Morgan fingerprint density at radius 2 is 2.00 bits per heavy atom. The van der Waals surface area contributed by atoms with Crippen LogP contribution in [0.5, 0.6) is 0 Å². The Morgan fingerprint density at radius 3 is 2.63 bits per heavy atom. The summed E-state index contributed by atoms with van der Waals surface area (Å²) in [6, 6.07) is 7.11. The van der Waals surface area contributed by atoms with E-state index < -0.39 is 11.8 Å². The molecule has 0 bridgehead atoms. The van der Waals surface area contributed by atoms with E-state index >= 15 is 0 Å². The minimum atomic E-state index is -0.676. The van der Waals surface area contributed by atoms with E-state index in [1.807, 2.05) is 18.4 Å². The topological polar surface area (TPSA) is 67.4 Å². The van der Waals surface area contributed by atoms with Crippen molar-refractivity contribution in [2.45, 2.75) is 17.9 Å². The zero-order chi connectivity index (χ0) is 14.3. The van der Waals surface area contributed by atoms with Crippen molar-refractivity contribution in [2.75, 3.05) is 25.3 Å². The average molecular weight is 282 g/mol. The molecule has 0 radical (unpaired) electrons. The van der Waals surface area contributed by atoms with Gasteiger partial charge in [-0.25, -0.2) is 0 Å². The summed E-state index contributed by atoms with van der Waals surface area (Å²) in [5, 5.41) is 5.15. The summed E-state index contributed by atoms with van der Waals surface area (Å²) in [7, 11) is 1.54. The summed E-state index contributed by atoms with van der Waals surface area (Å²) < 4.78 is 4.89. The van der Waals surface area contributed by atoms with Gasteiger partial charge >= 0.3 is 11.8 Å². The Bertz CT molecular complexity index is 451. The number of anilines is 1. The third-order valence-electron chi connectivity index (χ3n) is 2.36. The average Bonchev–Trinajstić information content (AvgIpc) is 2.39. The monoisotopic (exact) mass is 282 g/mol. The molecule has 1 aromatic rings. The molecule has 0 spiro atoms. The first kappa shape index (κ1) is 15.5. The Balaban J connectivity index is 2.61. The fourth-order valence-electron chi connectivity index (χ4n) is 1.51. The smallest absolute Gasteiger partial charge is 0.313 e. The van der Waals surface area contributed by atoms with Crippen LogP contribution in [0.4, 0.5) is 5.69 Å². The summed E-state index contributed by atoms with van der Waals surface area (Å²) in [5.74, 6) is -1.34. The molecule has 2 amide bonds. The van der Waals surface area contributed by atoms with Crippen LogP contribution >= 0.6 is 11.8 Å². The summed E-state index contributed by atoms with van der Waals surface area (Å²) in [6.45, 7) is 2.13. The van der Waals surface area contributed by atoms with Gasteiger partial charge in [-0.2, -0.15) is 0 Å². The molecule has 1 rings (SSSR count). The fourth-order valence-corrected chi connectivity index (χ4v) is 2.06. The van der Waals surface area contributed by atoms with Crippen LogP contribution in [0.25, 0.3) is 0 Å². The number of para-hydroxylation sites is 1. The van der Waals surface area contributed by atoms with Gasteiger partial charge in [0, 0.05) is 18.0 Å². The molecule has 1 unspecified atom stereocenters. The summed E-state index contributed by atoms with van der Waals surface area (Å²) in [6.07, 6.45) is 1.91. The molecule has 0 heterocycles. The van der Waals surface area contributed by atoms with Crippen LogP contribution in [0.2, 0.25) is 0 Å². The van der Waals surface area contributed by atoms with Gasteiger partial charge in [0.15, 0.2) is 0 Å². The highest BCUT2D eigenvalue weighted by Gasteiger charge is 2.17. The van der Waals surface area contributed by atoms with Crippen molar-refractivity contribution in [3.63, 3.8) is 0 Å². The Labute approximate surface area is 117 Å². The molecular formula is C13H18N2O3S. The van der Waals surface area contributed by atoms with E-state index in [0.29, 0.717) is 12.3 Å².